The van der Waals surface area contributed by atoms with Gasteiger partial charge in [0.25, 0.3) is 0 Å². The summed E-state index contributed by atoms with van der Waals surface area (Å²) in [5.41, 5.74) is 1.98. The van der Waals surface area contributed by atoms with Crippen molar-refractivity contribution in [1.82, 2.24) is 0 Å². The molecule has 0 aliphatic carbocycles. The fourth-order valence-electron chi connectivity index (χ4n) is 4.13. The average molecular weight is 423 g/mol. The van der Waals surface area contributed by atoms with E-state index < -0.39 is 0 Å². The molecule has 0 fully saturated rings. The molecule has 0 aliphatic rings. The van der Waals surface area contributed by atoms with Crippen LogP contribution in [0.1, 0.15) is 107 Å². The minimum Gasteiger partial charge on any atom is -0.465 e. The predicted molar refractivity (Wildman–Crippen MR) is 131 cm³/mol. The summed E-state index contributed by atoms with van der Waals surface area (Å²) in [4.78, 5) is 12.8. The highest BCUT2D eigenvalue weighted by molar-refractivity contribution is 5.82. The highest BCUT2D eigenvalue weighted by Crippen LogP contribution is 2.26. The van der Waals surface area contributed by atoms with E-state index in [1.807, 2.05) is 60.7 Å². The molecule has 0 unspecified atom stereocenters. The highest BCUT2D eigenvalue weighted by atomic mass is 16.5. The monoisotopic (exact) mass is 422 g/mol. The Bertz CT molecular complexity index is 641. The van der Waals surface area contributed by atoms with Gasteiger partial charge in [0.2, 0.25) is 0 Å². The molecule has 0 bridgehead atoms. The molecule has 170 valence electrons. The molecule has 0 N–H and O–H groups in total. The van der Waals surface area contributed by atoms with Crippen molar-refractivity contribution >= 4 is 5.97 Å². The molecule has 2 aromatic rings. The Kier molecular flexibility index (Phi) is 13.5. The first kappa shape index (κ1) is 25.2. The lowest BCUT2D eigenvalue weighted by Gasteiger charge is -2.17. The minimum atomic E-state index is -0.343. The Hall–Kier alpha value is -2.09. The summed E-state index contributed by atoms with van der Waals surface area (Å²) in [5.74, 6) is -0.485. The summed E-state index contributed by atoms with van der Waals surface area (Å²) in [5, 5.41) is 0. The number of carbonyl (C=O) groups excluding carboxylic acids is 1. The Morgan fingerprint density at radius 3 is 1.42 bits per heavy atom. The summed E-state index contributed by atoms with van der Waals surface area (Å²) >= 11 is 0. The van der Waals surface area contributed by atoms with Crippen LogP contribution in [0.2, 0.25) is 0 Å². The van der Waals surface area contributed by atoms with Crippen molar-refractivity contribution < 1.29 is 9.53 Å². The van der Waals surface area contributed by atoms with Crippen LogP contribution >= 0.6 is 0 Å². The first-order chi connectivity index (χ1) is 15.3. The fourth-order valence-corrected chi connectivity index (χ4v) is 4.13. The topological polar surface area (TPSA) is 26.3 Å². The molecular weight excluding hydrogens is 380 g/mol. The van der Waals surface area contributed by atoms with Crippen molar-refractivity contribution in [2.24, 2.45) is 0 Å². The molecule has 0 heterocycles. The summed E-state index contributed by atoms with van der Waals surface area (Å²) in [6.07, 6.45) is 17.2. The lowest BCUT2D eigenvalue weighted by molar-refractivity contribution is -0.144. The Labute approximate surface area is 190 Å². The van der Waals surface area contributed by atoms with E-state index in [1.54, 1.807) is 0 Å². The molecule has 31 heavy (non-hydrogen) atoms. The molecule has 0 aromatic heterocycles. The quantitative estimate of drug-likeness (QED) is 0.189. The minimum absolute atomic E-state index is 0.142. The third-order valence-electron chi connectivity index (χ3n) is 5.99. The lowest BCUT2D eigenvalue weighted by Crippen LogP contribution is -2.18. The third-order valence-corrected chi connectivity index (χ3v) is 5.99. The molecular formula is C29H42O2. The van der Waals surface area contributed by atoms with Crippen molar-refractivity contribution in [3.8, 4) is 0 Å². The predicted octanol–water partition coefficient (Wildman–Crippen LogP) is 8.45. The van der Waals surface area contributed by atoms with Crippen LogP contribution in [-0.4, -0.2) is 12.6 Å². The highest BCUT2D eigenvalue weighted by Gasteiger charge is 2.23. The Morgan fingerprint density at radius 1 is 0.613 bits per heavy atom. The Morgan fingerprint density at radius 2 is 1.00 bits per heavy atom. The van der Waals surface area contributed by atoms with Crippen molar-refractivity contribution in [2.75, 3.05) is 6.61 Å². The molecule has 0 aliphatic heterocycles. The zero-order valence-electron chi connectivity index (χ0n) is 19.6. The molecule has 0 saturated carbocycles. The van der Waals surface area contributed by atoms with E-state index >= 15 is 0 Å². The first-order valence-corrected chi connectivity index (χ1v) is 12.6. The standard InChI is InChI=1S/C29H42O2/c1-2-3-4-5-6-7-8-9-10-11-12-13-20-25-31-29(30)28(26-21-16-14-17-22-26)27-23-18-15-19-24-27/h14-19,21-24,28H,2-13,20,25H2,1H3. The second kappa shape index (κ2) is 16.6. The van der Waals surface area contributed by atoms with Gasteiger partial charge in [-0.3, -0.25) is 4.79 Å². The van der Waals surface area contributed by atoms with Gasteiger partial charge >= 0.3 is 5.97 Å². The molecule has 0 atom stereocenters. The molecule has 0 saturated heterocycles. The van der Waals surface area contributed by atoms with Crippen LogP contribution < -0.4 is 0 Å². The largest absolute Gasteiger partial charge is 0.465 e. The van der Waals surface area contributed by atoms with Crippen molar-refractivity contribution in [2.45, 2.75) is 96.3 Å². The molecule has 2 rings (SSSR count). The summed E-state index contributed by atoms with van der Waals surface area (Å²) < 4.78 is 5.67. The van der Waals surface area contributed by atoms with Crippen LogP contribution in [0.15, 0.2) is 60.7 Å². The van der Waals surface area contributed by atoms with E-state index in [1.165, 1.54) is 70.6 Å². The average Bonchev–Trinajstić information content (AvgIpc) is 2.81. The number of rotatable bonds is 17. The smallest absolute Gasteiger partial charge is 0.317 e. The van der Waals surface area contributed by atoms with Gasteiger partial charge in [0.1, 0.15) is 5.92 Å². The zero-order valence-corrected chi connectivity index (χ0v) is 19.6. The van der Waals surface area contributed by atoms with Gasteiger partial charge in [-0.15, -0.1) is 0 Å². The number of benzene rings is 2. The number of esters is 1. The first-order valence-electron chi connectivity index (χ1n) is 12.6. The van der Waals surface area contributed by atoms with Crippen LogP contribution in [0.5, 0.6) is 0 Å². The number of hydrogen-bond donors (Lipinski definition) is 0. The fraction of sp³-hybridized carbons (Fsp3) is 0.552. The van der Waals surface area contributed by atoms with Crippen LogP contribution in [-0.2, 0) is 9.53 Å². The van der Waals surface area contributed by atoms with Gasteiger partial charge in [-0.05, 0) is 17.5 Å². The number of ether oxygens (including phenoxy) is 1. The van der Waals surface area contributed by atoms with Crippen LogP contribution in [0.25, 0.3) is 0 Å². The maximum atomic E-state index is 12.8. The van der Waals surface area contributed by atoms with Gasteiger partial charge in [0.15, 0.2) is 0 Å². The molecule has 2 nitrogen and oxygen atoms in total. The van der Waals surface area contributed by atoms with Gasteiger partial charge < -0.3 is 4.74 Å². The lowest BCUT2D eigenvalue weighted by atomic mass is 9.91. The van der Waals surface area contributed by atoms with E-state index in [0.29, 0.717) is 6.61 Å². The van der Waals surface area contributed by atoms with Crippen molar-refractivity contribution in [3.63, 3.8) is 0 Å². The summed E-state index contributed by atoms with van der Waals surface area (Å²) in [6, 6.07) is 19.9. The SMILES string of the molecule is CCCCCCCCCCCCCCCOC(=O)C(c1ccccc1)c1ccccc1. The summed E-state index contributed by atoms with van der Waals surface area (Å²) in [6.45, 7) is 2.79. The van der Waals surface area contributed by atoms with Gasteiger partial charge in [0, 0.05) is 0 Å². The molecule has 0 radical (unpaired) electrons. The Balaban J connectivity index is 1.56. The van der Waals surface area contributed by atoms with Gasteiger partial charge in [-0.2, -0.15) is 0 Å². The second-order valence-electron chi connectivity index (χ2n) is 8.66. The van der Waals surface area contributed by atoms with Crippen molar-refractivity contribution in [1.29, 1.82) is 0 Å². The second-order valence-corrected chi connectivity index (χ2v) is 8.66. The van der Waals surface area contributed by atoms with E-state index in [2.05, 4.69) is 6.92 Å². The number of unbranched alkanes of at least 4 members (excludes halogenated alkanes) is 12. The third kappa shape index (κ3) is 10.7. The van der Waals surface area contributed by atoms with Gasteiger partial charge in [-0.1, -0.05) is 145 Å². The molecule has 0 amide bonds. The van der Waals surface area contributed by atoms with Crippen LogP contribution in [0, 0.1) is 0 Å². The summed E-state index contributed by atoms with van der Waals surface area (Å²) in [7, 11) is 0. The van der Waals surface area contributed by atoms with Gasteiger partial charge in [-0.25, -0.2) is 0 Å². The van der Waals surface area contributed by atoms with E-state index in [9.17, 15) is 4.79 Å². The molecule has 2 aromatic carbocycles. The number of carbonyl (C=O) groups is 1. The normalized spacial score (nSPS) is 11.0. The van der Waals surface area contributed by atoms with E-state index in [4.69, 9.17) is 4.74 Å². The van der Waals surface area contributed by atoms with E-state index in [0.717, 1.165) is 24.0 Å². The number of hydrogen-bond acceptors (Lipinski definition) is 2. The molecule has 2 heteroatoms. The van der Waals surface area contributed by atoms with Crippen molar-refractivity contribution in [3.05, 3.63) is 71.8 Å². The zero-order chi connectivity index (χ0) is 22.0. The maximum absolute atomic E-state index is 12.8. The van der Waals surface area contributed by atoms with Crippen LogP contribution in [0.4, 0.5) is 0 Å². The maximum Gasteiger partial charge on any atom is 0.317 e. The van der Waals surface area contributed by atoms with Gasteiger partial charge in [0.05, 0.1) is 6.61 Å². The van der Waals surface area contributed by atoms with Crippen LogP contribution in [0.3, 0.4) is 0 Å². The molecule has 0 spiro atoms. The van der Waals surface area contributed by atoms with E-state index in [-0.39, 0.29) is 11.9 Å².